The smallest absolute Gasteiger partial charge is 0.0371 e. The van der Waals surface area contributed by atoms with Crippen LogP contribution in [-0.2, 0) is 17.3 Å². The summed E-state index contributed by atoms with van der Waals surface area (Å²) in [5.74, 6) is 1.58. The standard InChI is InChI=1S/C11H15BrN2OS/c12-10-2-1-9(11(13)7-10)8-14-3-5-16(15)6-4-14/h1-2,7H,3-6,8,13H2. The van der Waals surface area contributed by atoms with Crippen LogP contribution >= 0.6 is 15.9 Å². The van der Waals surface area contributed by atoms with Gasteiger partial charge in [-0.25, -0.2) is 0 Å². The van der Waals surface area contributed by atoms with Crippen LogP contribution in [0.3, 0.4) is 0 Å². The number of nitrogens with two attached hydrogens (primary N) is 1. The number of hydrogen-bond acceptors (Lipinski definition) is 3. The van der Waals surface area contributed by atoms with Crippen LogP contribution in [0.2, 0.25) is 0 Å². The molecule has 1 heterocycles. The van der Waals surface area contributed by atoms with Crippen molar-refractivity contribution in [2.75, 3.05) is 30.3 Å². The van der Waals surface area contributed by atoms with E-state index in [2.05, 4.69) is 20.8 Å². The molecular formula is C11H15BrN2OS. The summed E-state index contributed by atoms with van der Waals surface area (Å²) in [6, 6.07) is 5.98. The first kappa shape index (κ1) is 12.1. The van der Waals surface area contributed by atoms with Gasteiger partial charge in [0.2, 0.25) is 0 Å². The van der Waals surface area contributed by atoms with Gasteiger partial charge in [-0.15, -0.1) is 0 Å². The fourth-order valence-corrected chi connectivity index (χ4v) is 3.29. The number of benzene rings is 1. The lowest BCUT2D eigenvalue weighted by atomic mass is 10.1. The van der Waals surface area contributed by atoms with Gasteiger partial charge in [0.15, 0.2) is 0 Å². The maximum atomic E-state index is 11.2. The second-order valence-corrected chi connectivity index (χ2v) is 6.58. The van der Waals surface area contributed by atoms with E-state index in [0.29, 0.717) is 0 Å². The molecule has 16 heavy (non-hydrogen) atoms. The second kappa shape index (κ2) is 5.29. The maximum Gasteiger partial charge on any atom is 0.0371 e. The van der Waals surface area contributed by atoms with Gasteiger partial charge in [0.25, 0.3) is 0 Å². The lowest BCUT2D eigenvalue weighted by molar-refractivity contribution is 0.292. The highest BCUT2D eigenvalue weighted by Crippen LogP contribution is 2.20. The van der Waals surface area contributed by atoms with Crippen molar-refractivity contribution in [3.8, 4) is 0 Å². The molecule has 0 bridgehead atoms. The van der Waals surface area contributed by atoms with Gasteiger partial charge in [0.05, 0.1) is 0 Å². The zero-order valence-corrected chi connectivity index (χ0v) is 11.4. The average Bonchev–Trinajstić information content (AvgIpc) is 2.25. The summed E-state index contributed by atoms with van der Waals surface area (Å²) in [6.07, 6.45) is 0. The van der Waals surface area contributed by atoms with E-state index in [-0.39, 0.29) is 0 Å². The molecule has 88 valence electrons. The Morgan fingerprint density at radius 3 is 2.69 bits per heavy atom. The third kappa shape index (κ3) is 3.06. The van der Waals surface area contributed by atoms with Crippen LogP contribution in [0.1, 0.15) is 5.56 Å². The van der Waals surface area contributed by atoms with E-state index in [4.69, 9.17) is 5.73 Å². The Morgan fingerprint density at radius 2 is 2.06 bits per heavy atom. The van der Waals surface area contributed by atoms with Crippen LogP contribution in [0.5, 0.6) is 0 Å². The van der Waals surface area contributed by atoms with Crippen molar-refractivity contribution in [1.29, 1.82) is 0 Å². The van der Waals surface area contributed by atoms with Crippen molar-refractivity contribution in [3.63, 3.8) is 0 Å². The van der Waals surface area contributed by atoms with Gasteiger partial charge in [-0.05, 0) is 17.7 Å². The molecular weight excluding hydrogens is 288 g/mol. The molecule has 0 aromatic heterocycles. The summed E-state index contributed by atoms with van der Waals surface area (Å²) in [4.78, 5) is 2.31. The van der Waals surface area contributed by atoms with Crippen LogP contribution in [0.4, 0.5) is 5.69 Å². The number of nitrogen functional groups attached to an aromatic ring is 1. The maximum absolute atomic E-state index is 11.2. The van der Waals surface area contributed by atoms with Crippen LogP contribution in [0, 0.1) is 0 Å². The Kier molecular flexibility index (Phi) is 4.00. The molecule has 2 N–H and O–H groups in total. The third-order valence-electron chi connectivity index (χ3n) is 2.77. The van der Waals surface area contributed by atoms with Gasteiger partial charge in [-0.2, -0.15) is 0 Å². The molecule has 0 atom stereocenters. The minimum atomic E-state index is -0.608. The molecule has 0 amide bonds. The third-order valence-corrected chi connectivity index (χ3v) is 4.54. The van der Waals surface area contributed by atoms with Gasteiger partial charge in [-0.1, -0.05) is 22.0 Å². The largest absolute Gasteiger partial charge is 0.398 e. The SMILES string of the molecule is Nc1cc(Br)ccc1CN1CCS(=O)CC1. The molecule has 0 radical (unpaired) electrons. The Bertz CT molecular complexity index is 401. The molecule has 3 nitrogen and oxygen atoms in total. The van der Waals surface area contributed by atoms with Gasteiger partial charge < -0.3 is 5.73 Å². The van der Waals surface area contributed by atoms with Crippen molar-refractivity contribution in [2.24, 2.45) is 0 Å². The molecule has 1 aromatic carbocycles. The summed E-state index contributed by atoms with van der Waals surface area (Å²) in [6.45, 7) is 2.67. The van der Waals surface area contributed by atoms with Crippen LogP contribution in [-0.4, -0.2) is 33.7 Å². The quantitative estimate of drug-likeness (QED) is 0.844. The van der Waals surface area contributed by atoms with Crippen molar-refractivity contribution in [1.82, 2.24) is 4.90 Å². The summed E-state index contributed by atoms with van der Waals surface area (Å²) >= 11 is 3.40. The van der Waals surface area contributed by atoms with E-state index >= 15 is 0 Å². The normalized spacial score (nSPS) is 18.8. The molecule has 2 rings (SSSR count). The average molecular weight is 303 g/mol. The molecule has 1 aliphatic rings. The minimum absolute atomic E-state index is 0.608. The van der Waals surface area contributed by atoms with Gasteiger partial charge in [0, 0.05) is 52.1 Å². The number of rotatable bonds is 2. The van der Waals surface area contributed by atoms with E-state index in [1.807, 2.05) is 18.2 Å². The van der Waals surface area contributed by atoms with Crippen molar-refractivity contribution >= 4 is 32.4 Å². The molecule has 0 unspecified atom stereocenters. The van der Waals surface area contributed by atoms with Gasteiger partial charge >= 0.3 is 0 Å². The van der Waals surface area contributed by atoms with Crippen LogP contribution in [0.25, 0.3) is 0 Å². The van der Waals surface area contributed by atoms with E-state index in [0.717, 1.165) is 46.9 Å². The molecule has 1 fully saturated rings. The molecule has 5 heteroatoms. The summed E-state index contributed by atoms with van der Waals surface area (Å²) in [5.41, 5.74) is 7.92. The van der Waals surface area contributed by atoms with E-state index in [1.54, 1.807) is 0 Å². The molecule has 1 saturated heterocycles. The monoisotopic (exact) mass is 302 g/mol. The number of hydrogen-bond donors (Lipinski definition) is 1. The zero-order chi connectivity index (χ0) is 11.5. The highest BCUT2D eigenvalue weighted by molar-refractivity contribution is 9.10. The fraction of sp³-hybridized carbons (Fsp3) is 0.455. The Labute approximate surface area is 107 Å². The molecule has 0 spiro atoms. The van der Waals surface area contributed by atoms with Crippen molar-refractivity contribution in [3.05, 3.63) is 28.2 Å². The Balaban J connectivity index is 2.01. The number of halogens is 1. The molecule has 0 aliphatic carbocycles. The van der Waals surface area contributed by atoms with Crippen molar-refractivity contribution in [2.45, 2.75) is 6.54 Å². The minimum Gasteiger partial charge on any atom is -0.398 e. The summed E-state index contributed by atoms with van der Waals surface area (Å²) in [7, 11) is -0.608. The van der Waals surface area contributed by atoms with Gasteiger partial charge in [0.1, 0.15) is 0 Å². The first-order chi connectivity index (χ1) is 7.65. The predicted octanol–water partition coefficient (Wildman–Crippen LogP) is 1.60. The molecule has 1 aromatic rings. The Morgan fingerprint density at radius 1 is 1.38 bits per heavy atom. The predicted molar refractivity (Wildman–Crippen MR) is 71.7 cm³/mol. The van der Waals surface area contributed by atoms with Crippen LogP contribution < -0.4 is 5.73 Å². The molecule has 0 saturated carbocycles. The van der Waals surface area contributed by atoms with E-state index in [1.165, 1.54) is 0 Å². The van der Waals surface area contributed by atoms with E-state index in [9.17, 15) is 4.21 Å². The first-order valence-corrected chi connectivity index (χ1v) is 7.54. The number of nitrogens with zero attached hydrogens (tertiary/aromatic N) is 1. The van der Waals surface area contributed by atoms with Gasteiger partial charge in [-0.3, -0.25) is 9.11 Å². The second-order valence-electron chi connectivity index (χ2n) is 3.97. The summed E-state index contributed by atoms with van der Waals surface area (Å²) < 4.78 is 12.2. The highest BCUT2D eigenvalue weighted by Gasteiger charge is 2.15. The zero-order valence-electron chi connectivity index (χ0n) is 8.99. The highest BCUT2D eigenvalue weighted by atomic mass is 79.9. The Hall–Kier alpha value is -0.390. The van der Waals surface area contributed by atoms with E-state index < -0.39 is 10.8 Å². The lowest BCUT2D eigenvalue weighted by Crippen LogP contribution is -2.37. The lowest BCUT2D eigenvalue weighted by Gasteiger charge is -2.26. The topological polar surface area (TPSA) is 46.3 Å². The summed E-state index contributed by atoms with van der Waals surface area (Å²) in [5, 5.41) is 0. The first-order valence-electron chi connectivity index (χ1n) is 5.26. The fourth-order valence-electron chi connectivity index (χ4n) is 1.78. The van der Waals surface area contributed by atoms with Crippen LogP contribution in [0.15, 0.2) is 22.7 Å². The molecule has 1 aliphatic heterocycles. The van der Waals surface area contributed by atoms with Crippen molar-refractivity contribution < 1.29 is 4.21 Å². The number of anilines is 1.